The van der Waals surface area contributed by atoms with Gasteiger partial charge in [-0.05, 0) is 36.4 Å². The Morgan fingerprint density at radius 1 is 0.926 bits per heavy atom. The molecule has 6 nitrogen and oxygen atoms in total. The van der Waals surface area contributed by atoms with Gasteiger partial charge >= 0.3 is 5.97 Å². The number of aromatic nitrogens is 1. The van der Waals surface area contributed by atoms with Crippen LogP contribution in [-0.2, 0) is 4.79 Å². The molecule has 4 aromatic rings. The van der Waals surface area contributed by atoms with Crippen molar-refractivity contribution < 1.29 is 24.2 Å². The van der Waals surface area contributed by atoms with E-state index in [9.17, 15) is 9.59 Å². The minimum atomic E-state index is -1.47. The first-order valence-electron chi connectivity index (χ1n) is 8.25. The van der Waals surface area contributed by atoms with E-state index < -0.39 is 11.8 Å². The van der Waals surface area contributed by atoms with Crippen LogP contribution in [-0.4, -0.2) is 35.1 Å². The second-order valence-corrected chi connectivity index (χ2v) is 6.87. The van der Waals surface area contributed by atoms with Gasteiger partial charge in [-0.15, -0.1) is 0 Å². The molecule has 136 valence electrons. The van der Waals surface area contributed by atoms with Crippen molar-refractivity contribution in [2.45, 2.75) is 0 Å². The lowest BCUT2D eigenvalue weighted by Crippen LogP contribution is -2.10. The number of carbonyl (C=O) groups is 2. The van der Waals surface area contributed by atoms with E-state index in [0.29, 0.717) is 11.7 Å². The quantitative estimate of drug-likeness (QED) is 0.286. The predicted molar refractivity (Wildman–Crippen MR) is 103 cm³/mol. The molecule has 0 saturated carbocycles. The number of fused-ring (bicyclic) bond motifs is 3. The maximum atomic E-state index is 11.4. The number of carboxylic acids is 1. The monoisotopic (exact) mass is 381 g/mol. The van der Waals surface area contributed by atoms with E-state index in [4.69, 9.17) is 14.6 Å². The van der Waals surface area contributed by atoms with Gasteiger partial charge in [0, 0.05) is 21.8 Å². The molecule has 4 rings (SSSR count). The molecule has 2 aromatic heterocycles. The first-order valence-corrected chi connectivity index (χ1v) is 9.07. The van der Waals surface area contributed by atoms with Crippen molar-refractivity contribution in [2.75, 3.05) is 13.2 Å². The Kier molecular flexibility index (Phi) is 4.52. The average Bonchev–Trinajstić information content (AvgIpc) is 3.29. The predicted octanol–water partition coefficient (Wildman–Crippen LogP) is 4.11. The third-order valence-corrected chi connectivity index (χ3v) is 5.07. The second kappa shape index (κ2) is 7.13. The van der Waals surface area contributed by atoms with Gasteiger partial charge in [0.05, 0.1) is 4.88 Å². The number of carbonyl (C=O) groups excluding carboxylic acids is 1. The number of aromatic amines is 1. The molecule has 2 N–H and O–H groups in total. The highest BCUT2D eigenvalue weighted by Gasteiger charge is 2.17. The number of ether oxygens (including phenoxy) is 2. The molecule has 27 heavy (non-hydrogen) atoms. The smallest absolute Gasteiger partial charge is 0.378 e. The van der Waals surface area contributed by atoms with E-state index in [2.05, 4.69) is 11.1 Å². The zero-order chi connectivity index (χ0) is 18.8. The highest BCUT2D eigenvalue weighted by Crippen LogP contribution is 2.28. The minimum Gasteiger partial charge on any atom is -0.490 e. The number of para-hydroxylation sites is 1. The van der Waals surface area contributed by atoms with Crippen LogP contribution in [0.15, 0.2) is 54.6 Å². The molecule has 7 heteroatoms. The highest BCUT2D eigenvalue weighted by molar-refractivity contribution is 7.16. The summed E-state index contributed by atoms with van der Waals surface area (Å²) < 4.78 is 11.3. The molecule has 0 unspecified atom stereocenters. The van der Waals surface area contributed by atoms with Gasteiger partial charge in [0.25, 0.3) is 5.78 Å². The van der Waals surface area contributed by atoms with Crippen LogP contribution in [0.1, 0.15) is 9.67 Å². The first-order chi connectivity index (χ1) is 13.1. The van der Waals surface area contributed by atoms with Crippen LogP contribution in [0, 0.1) is 0 Å². The third-order valence-electron chi connectivity index (χ3n) is 4.07. The zero-order valence-corrected chi connectivity index (χ0v) is 14.9. The van der Waals surface area contributed by atoms with Gasteiger partial charge in [-0.1, -0.05) is 29.5 Å². The van der Waals surface area contributed by atoms with E-state index >= 15 is 0 Å². The number of hydrogen-bond donors (Lipinski definition) is 2. The number of ketones is 1. The highest BCUT2D eigenvalue weighted by atomic mass is 32.1. The van der Waals surface area contributed by atoms with Crippen molar-refractivity contribution in [3.05, 3.63) is 59.5 Å². The number of thiophene rings is 1. The van der Waals surface area contributed by atoms with Crippen molar-refractivity contribution in [3.8, 4) is 10.8 Å². The molecule has 0 fully saturated rings. The normalized spacial score (nSPS) is 11.0. The van der Waals surface area contributed by atoms with Crippen LogP contribution < -0.4 is 9.47 Å². The van der Waals surface area contributed by atoms with Gasteiger partial charge in [0.2, 0.25) is 0 Å². The van der Waals surface area contributed by atoms with Crippen molar-refractivity contribution >= 4 is 44.9 Å². The largest absolute Gasteiger partial charge is 0.490 e. The Morgan fingerprint density at radius 3 is 2.56 bits per heavy atom. The van der Waals surface area contributed by atoms with Crippen LogP contribution >= 0.6 is 11.3 Å². The van der Waals surface area contributed by atoms with Gasteiger partial charge < -0.3 is 19.6 Å². The summed E-state index contributed by atoms with van der Waals surface area (Å²) >= 11 is 1.01. The van der Waals surface area contributed by atoms with E-state index in [1.54, 1.807) is 6.07 Å². The molecular formula is C20H15NO5S. The molecule has 0 aliphatic carbocycles. The molecule has 0 aliphatic heterocycles. The fraction of sp³-hybridized carbons (Fsp3) is 0.100. The molecule has 0 saturated heterocycles. The summed E-state index contributed by atoms with van der Waals surface area (Å²) in [6.07, 6.45) is 0. The minimum absolute atomic E-state index is 0.142. The van der Waals surface area contributed by atoms with Crippen LogP contribution in [0.5, 0.6) is 10.8 Å². The summed E-state index contributed by atoms with van der Waals surface area (Å²) in [6, 6.07) is 17.0. The Balaban J connectivity index is 1.37. The van der Waals surface area contributed by atoms with Gasteiger partial charge in [-0.25, -0.2) is 4.79 Å². The van der Waals surface area contributed by atoms with Crippen LogP contribution in [0.3, 0.4) is 0 Å². The second-order valence-electron chi connectivity index (χ2n) is 5.83. The van der Waals surface area contributed by atoms with Gasteiger partial charge in [-0.3, -0.25) is 4.79 Å². The zero-order valence-electron chi connectivity index (χ0n) is 14.1. The average molecular weight is 381 g/mol. The molecular weight excluding hydrogens is 366 g/mol. The number of carboxylic acid groups (broad SMARTS) is 1. The Bertz CT molecular complexity index is 1140. The number of benzene rings is 2. The summed E-state index contributed by atoms with van der Waals surface area (Å²) in [5, 5.41) is 11.4. The number of Topliss-reactive ketones (excluding diaryl/α,β-unsaturated/α-hetero) is 1. The standard InChI is InChI=1S/C20H15NO5S/c22-19(20(23)24)17-7-8-18(27-17)26-10-9-25-12-5-6-16-14(11-12)13-3-1-2-4-15(13)21-16/h1-8,11,21H,9-10H2,(H,23,24). The van der Waals surface area contributed by atoms with Gasteiger partial charge in [0.15, 0.2) is 5.06 Å². The molecule has 0 amide bonds. The number of nitrogens with one attached hydrogen (secondary N) is 1. The van der Waals surface area contributed by atoms with E-state index in [0.717, 1.165) is 38.9 Å². The van der Waals surface area contributed by atoms with Crippen molar-refractivity contribution in [2.24, 2.45) is 0 Å². The molecule has 0 bridgehead atoms. The summed E-state index contributed by atoms with van der Waals surface area (Å²) in [6.45, 7) is 0.612. The maximum Gasteiger partial charge on any atom is 0.378 e. The summed E-state index contributed by atoms with van der Waals surface area (Å²) in [5.41, 5.74) is 2.13. The lowest BCUT2D eigenvalue weighted by Gasteiger charge is -2.07. The maximum absolute atomic E-state index is 11.4. The Labute approximate surface area is 158 Å². The van der Waals surface area contributed by atoms with Crippen molar-refractivity contribution in [1.29, 1.82) is 0 Å². The SMILES string of the molecule is O=C(O)C(=O)c1ccc(OCCOc2ccc3[nH]c4ccccc4c3c2)s1. The fourth-order valence-corrected chi connectivity index (χ4v) is 3.66. The molecule has 2 heterocycles. The van der Waals surface area contributed by atoms with E-state index in [1.165, 1.54) is 6.07 Å². The fourth-order valence-electron chi connectivity index (χ4n) is 2.84. The molecule has 0 radical (unpaired) electrons. The van der Waals surface area contributed by atoms with Crippen LogP contribution in [0.2, 0.25) is 0 Å². The number of hydrogen-bond acceptors (Lipinski definition) is 5. The summed E-state index contributed by atoms with van der Waals surface area (Å²) in [7, 11) is 0. The van der Waals surface area contributed by atoms with Crippen LogP contribution in [0.4, 0.5) is 0 Å². The molecule has 2 aromatic carbocycles. The molecule has 0 aliphatic rings. The van der Waals surface area contributed by atoms with Crippen molar-refractivity contribution in [3.63, 3.8) is 0 Å². The summed E-state index contributed by atoms with van der Waals surface area (Å²) in [4.78, 5) is 25.6. The van der Waals surface area contributed by atoms with Crippen molar-refractivity contribution in [1.82, 2.24) is 4.98 Å². The lowest BCUT2D eigenvalue weighted by atomic mass is 10.1. The lowest BCUT2D eigenvalue weighted by molar-refractivity contribution is -0.131. The Morgan fingerprint density at radius 2 is 1.70 bits per heavy atom. The number of H-pyrrole nitrogens is 1. The first kappa shape index (κ1) is 17.1. The molecule has 0 spiro atoms. The topological polar surface area (TPSA) is 88.6 Å². The molecule has 0 atom stereocenters. The van der Waals surface area contributed by atoms with Crippen LogP contribution in [0.25, 0.3) is 21.8 Å². The van der Waals surface area contributed by atoms with E-state index in [-0.39, 0.29) is 11.5 Å². The van der Waals surface area contributed by atoms with Gasteiger partial charge in [-0.2, -0.15) is 0 Å². The number of aliphatic carboxylic acids is 1. The summed E-state index contributed by atoms with van der Waals surface area (Å²) in [5.74, 6) is -1.67. The van der Waals surface area contributed by atoms with E-state index in [1.807, 2.05) is 36.4 Å². The van der Waals surface area contributed by atoms with Gasteiger partial charge in [0.1, 0.15) is 19.0 Å². The number of rotatable bonds is 7. The Hall–Kier alpha value is -3.32. The third kappa shape index (κ3) is 3.50.